The fraction of sp³-hybridized carbons (Fsp3) is 0.375. The summed E-state index contributed by atoms with van der Waals surface area (Å²) in [5, 5.41) is 22.5. The summed E-state index contributed by atoms with van der Waals surface area (Å²) < 4.78 is 6.02. The van der Waals surface area contributed by atoms with E-state index in [0.29, 0.717) is 25.5 Å². The van der Waals surface area contributed by atoms with Crippen LogP contribution >= 0.6 is 0 Å². The van der Waals surface area contributed by atoms with Crippen molar-refractivity contribution in [2.75, 3.05) is 6.54 Å². The Morgan fingerprint density at radius 3 is 3.12 bits per heavy atom. The van der Waals surface area contributed by atoms with E-state index in [-0.39, 0.29) is 5.69 Å². The molecule has 0 bridgehead atoms. The third kappa shape index (κ3) is 3.08. The molecule has 0 atom stereocenters. The Labute approximate surface area is 95.4 Å². The largest absolute Gasteiger partial charge is 0.476 e. The van der Waals surface area contributed by atoms with Crippen LogP contribution in [0.1, 0.15) is 16.3 Å². The lowest BCUT2D eigenvalue weighted by Crippen LogP contribution is -2.20. The minimum absolute atomic E-state index is 0.0665. The highest BCUT2D eigenvalue weighted by Gasteiger charge is 2.07. The molecule has 2 rings (SSSR count). The third-order valence-corrected chi connectivity index (χ3v) is 1.97. The van der Waals surface area contributed by atoms with Gasteiger partial charge in [-0.05, 0) is 0 Å². The van der Waals surface area contributed by atoms with Crippen LogP contribution in [0.2, 0.25) is 0 Å². The zero-order valence-corrected chi connectivity index (χ0v) is 8.78. The first-order chi connectivity index (χ1) is 8.25. The smallest absolute Gasteiger partial charge is 0.358 e. The van der Waals surface area contributed by atoms with Crippen molar-refractivity contribution in [1.29, 1.82) is 0 Å². The van der Waals surface area contributed by atoms with Crippen LogP contribution in [0.3, 0.4) is 0 Å². The second-order valence-electron chi connectivity index (χ2n) is 3.20. The average molecular weight is 238 g/mol. The summed E-state index contributed by atoms with van der Waals surface area (Å²) in [6, 6.07) is 0. The normalized spacial score (nSPS) is 10.6. The quantitative estimate of drug-likeness (QED) is 0.624. The Morgan fingerprint density at radius 1 is 1.59 bits per heavy atom. The van der Waals surface area contributed by atoms with E-state index < -0.39 is 5.97 Å². The number of carbonyl (C=O) groups is 1. The summed E-state index contributed by atoms with van der Waals surface area (Å²) in [6.45, 7) is 1.59. The van der Waals surface area contributed by atoms with Crippen molar-refractivity contribution >= 4 is 5.97 Å². The van der Waals surface area contributed by atoms with Gasteiger partial charge in [0.1, 0.15) is 0 Å². The standard InChI is InChI=1S/C8H10N6O3/c15-8(16)6-4-14(13-11-6)2-1-9-3-7-10-5-17-12-7/h4-5,9H,1-3H2,(H,15,16). The van der Waals surface area contributed by atoms with Crippen molar-refractivity contribution < 1.29 is 14.4 Å². The number of aromatic carboxylic acids is 1. The molecule has 0 fully saturated rings. The number of carboxylic acid groups (broad SMARTS) is 1. The Balaban J connectivity index is 1.72. The van der Waals surface area contributed by atoms with Crippen LogP contribution in [0, 0.1) is 0 Å². The number of aromatic nitrogens is 5. The average Bonchev–Trinajstić information content (AvgIpc) is 2.96. The lowest BCUT2D eigenvalue weighted by molar-refractivity contribution is 0.0690. The molecule has 2 N–H and O–H groups in total. The maximum absolute atomic E-state index is 10.5. The summed E-state index contributed by atoms with van der Waals surface area (Å²) in [5.41, 5.74) is -0.0665. The maximum Gasteiger partial charge on any atom is 0.358 e. The van der Waals surface area contributed by atoms with Gasteiger partial charge in [0, 0.05) is 6.54 Å². The van der Waals surface area contributed by atoms with E-state index in [4.69, 9.17) is 5.11 Å². The van der Waals surface area contributed by atoms with E-state index in [1.165, 1.54) is 17.3 Å². The molecule has 0 aromatic carbocycles. The first-order valence-electron chi connectivity index (χ1n) is 4.85. The summed E-state index contributed by atoms with van der Waals surface area (Å²) >= 11 is 0. The molecule has 0 aliphatic carbocycles. The molecular weight excluding hydrogens is 228 g/mol. The molecule has 2 aromatic rings. The summed E-state index contributed by atoms with van der Waals surface area (Å²) in [6.07, 6.45) is 2.63. The first-order valence-corrected chi connectivity index (χ1v) is 4.85. The van der Waals surface area contributed by atoms with Crippen molar-refractivity contribution in [3.63, 3.8) is 0 Å². The van der Waals surface area contributed by atoms with Crippen molar-refractivity contribution in [1.82, 2.24) is 30.5 Å². The van der Waals surface area contributed by atoms with E-state index >= 15 is 0 Å². The van der Waals surface area contributed by atoms with Crippen molar-refractivity contribution in [3.8, 4) is 0 Å². The molecule has 0 saturated carbocycles. The number of nitrogens with one attached hydrogen (secondary N) is 1. The van der Waals surface area contributed by atoms with Gasteiger partial charge in [0.15, 0.2) is 11.5 Å². The number of rotatable bonds is 6. The lowest BCUT2D eigenvalue weighted by atomic mass is 10.5. The molecule has 0 unspecified atom stereocenters. The maximum atomic E-state index is 10.5. The van der Waals surface area contributed by atoms with Crippen LogP contribution in [0.25, 0.3) is 0 Å². The Bertz CT molecular complexity index is 479. The summed E-state index contributed by atoms with van der Waals surface area (Å²) in [4.78, 5) is 14.4. The molecule has 90 valence electrons. The van der Waals surface area contributed by atoms with Crippen molar-refractivity contribution in [2.24, 2.45) is 0 Å². The topological polar surface area (TPSA) is 119 Å². The molecule has 0 saturated heterocycles. The van der Waals surface area contributed by atoms with Gasteiger partial charge < -0.3 is 14.9 Å². The molecule has 2 heterocycles. The fourth-order valence-electron chi connectivity index (χ4n) is 1.17. The van der Waals surface area contributed by atoms with Gasteiger partial charge in [-0.15, -0.1) is 5.10 Å². The van der Waals surface area contributed by atoms with Crippen molar-refractivity contribution in [3.05, 3.63) is 24.1 Å². The first kappa shape index (κ1) is 11.2. The van der Waals surface area contributed by atoms with Crippen LogP contribution < -0.4 is 5.32 Å². The van der Waals surface area contributed by atoms with Crippen molar-refractivity contribution in [2.45, 2.75) is 13.1 Å². The van der Waals surface area contributed by atoms with Crippen LogP contribution in [-0.2, 0) is 13.1 Å². The molecule has 9 nitrogen and oxygen atoms in total. The highest BCUT2D eigenvalue weighted by Crippen LogP contribution is 1.92. The molecule has 0 aliphatic heterocycles. The minimum atomic E-state index is -1.09. The van der Waals surface area contributed by atoms with Crippen LogP contribution in [-0.4, -0.2) is 42.8 Å². The Kier molecular flexibility index (Phi) is 3.40. The van der Waals surface area contributed by atoms with Crippen LogP contribution in [0.15, 0.2) is 17.1 Å². The molecule has 0 spiro atoms. The summed E-state index contributed by atoms with van der Waals surface area (Å²) in [5.74, 6) is -0.522. The van der Waals surface area contributed by atoms with Gasteiger partial charge in [-0.2, -0.15) is 4.98 Å². The Hall–Kier alpha value is -2.29. The lowest BCUT2D eigenvalue weighted by Gasteiger charge is -2.00. The van der Waals surface area contributed by atoms with E-state index in [0.717, 1.165) is 0 Å². The Morgan fingerprint density at radius 2 is 2.47 bits per heavy atom. The van der Waals surface area contributed by atoms with Gasteiger partial charge in [-0.1, -0.05) is 10.4 Å². The molecule has 0 aliphatic rings. The molecular formula is C8H10N6O3. The molecule has 0 radical (unpaired) electrons. The molecule has 2 aromatic heterocycles. The van der Waals surface area contributed by atoms with E-state index in [2.05, 4.69) is 30.3 Å². The number of carboxylic acids is 1. The molecule has 17 heavy (non-hydrogen) atoms. The SMILES string of the molecule is O=C(O)c1cn(CCNCc2ncon2)nn1. The summed E-state index contributed by atoms with van der Waals surface area (Å²) in [7, 11) is 0. The molecule has 0 amide bonds. The monoisotopic (exact) mass is 238 g/mol. The van der Waals surface area contributed by atoms with Gasteiger partial charge in [0.2, 0.25) is 6.39 Å². The van der Waals surface area contributed by atoms with E-state index in [9.17, 15) is 4.79 Å². The third-order valence-electron chi connectivity index (χ3n) is 1.97. The second-order valence-corrected chi connectivity index (χ2v) is 3.20. The zero-order valence-electron chi connectivity index (χ0n) is 8.78. The van der Waals surface area contributed by atoms with Crippen LogP contribution in [0.4, 0.5) is 0 Å². The van der Waals surface area contributed by atoms with Gasteiger partial charge in [-0.3, -0.25) is 4.68 Å². The van der Waals surface area contributed by atoms with E-state index in [1.807, 2.05) is 0 Å². The number of hydrogen-bond acceptors (Lipinski definition) is 7. The second kappa shape index (κ2) is 5.16. The van der Waals surface area contributed by atoms with Gasteiger partial charge in [0.05, 0.1) is 19.3 Å². The molecule has 9 heteroatoms. The van der Waals surface area contributed by atoms with Gasteiger partial charge in [-0.25, -0.2) is 4.79 Å². The predicted molar refractivity (Wildman–Crippen MR) is 53.0 cm³/mol. The zero-order chi connectivity index (χ0) is 12.1. The predicted octanol–water partition coefficient (Wildman–Crippen LogP) is -0.851. The number of nitrogens with zero attached hydrogens (tertiary/aromatic N) is 5. The number of hydrogen-bond donors (Lipinski definition) is 2. The van der Waals surface area contributed by atoms with Crippen LogP contribution in [0.5, 0.6) is 0 Å². The van der Waals surface area contributed by atoms with E-state index in [1.54, 1.807) is 0 Å². The highest BCUT2D eigenvalue weighted by molar-refractivity contribution is 5.84. The fourth-order valence-corrected chi connectivity index (χ4v) is 1.17. The minimum Gasteiger partial charge on any atom is -0.476 e. The highest BCUT2D eigenvalue weighted by atomic mass is 16.5. The van der Waals surface area contributed by atoms with Gasteiger partial charge in [0.25, 0.3) is 0 Å². The van der Waals surface area contributed by atoms with Gasteiger partial charge >= 0.3 is 5.97 Å².